The fourth-order valence-electron chi connectivity index (χ4n) is 1.80. The molecule has 0 aliphatic heterocycles. The highest BCUT2D eigenvalue weighted by molar-refractivity contribution is 7.89. The zero-order valence-corrected chi connectivity index (χ0v) is 14.5. The third-order valence-corrected chi connectivity index (χ3v) is 6.52. The van der Waals surface area contributed by atoms with Crippen molar-refractivity contribution in [2.45, 2.75) is 24.8 Å². The van der Waals surface area contributed by atoms with Crippen LogP contribution in [0.4, 0.5) is 5.69 Å². The highest BCUT2D eigenvalue weighted by Gasteiger charge is 2.23. The van der Waals surface area contributed by atoms with E-state index in [2.05, 4.69) is 4.72 Å². The lowest BCUT2D eigenvalue weighted by atomic mass is 10.3. The van der Waals surface area contributed by atoms with Gasteiger partial charge in [-0.15, -0.1) is 11.3 Å². The summed E-state index contributed by atoms with van der Waals surface area (Å²) in [4.78, 5) is 1.96. The number of anilines is 1. The van der Waals surface area contributed by atoms with Crippen molar-refractivity contribution in [3.05, 3.63) is 44.1 Å². The topological polar surface area (TPSA) is 72.2 Å². The Bertz CT molecular complexity index is 772. The van der Waals surface area contributed by atoms with E-state index < -0.39 is 10.0 Å². The Hall–Kier alpha value is -0.790. The maximum absolute atomic E-state index is 12.4. The van der Waals surface area contributed by atoms with Crippen LogP contribution in [0.3, 0.4) is 0 Å². The smallest absolute Gasteiger partial charge is 0.242 e. The summed E-state index contributed by atoms with van der Waals surface area (Å²) in [6, 6.07) is 6.23. The summed E-state index contributed by atoms with van der Waals surface area (Å²) >= 11 is 13.3. The van der Waals surface area contributed by atoms with Gasteiger partial charge in [0.25, 0.3) is 0 Å². The minimum atomic E-state index is -3.78. The first kappa shape index (κ1) is 16.6. The standard InChI is InChI=1S/C13H14Cl2N2O2S2/c1-7-3-5-10(20-7)8(2)17-21(18,19)11-6-4-9(14)13(16)12(11)15/h3-6,8,17H,16H2,1-2H3. The molecule has 114 valence electrons. The Morgan fingerprint density at radius 1 is 1.24 bits per heavy atom. The van der Waals surface area contributed by atoms with E-state index in [1.165, 1.54) is 23.5 Å². The fraction of sp³-hybridized carbons (Fsp3) is 0.231. The molecule has 1 heterocycles. The number of halogens is 2. The van der Waals surface area contributed by atoms with Crippen LogP contribution in [0, 0.1) is 6.92 Å². The summed E-state index contributed by atoms with van der Waals surface area (Å²) in [5.41, 5.74) is 5.73. The molecular formula is C13H14Cl2N2O2S2. The third-order valence-electron chi connectivity index (χ3n) is 2.90. The summed E-state index contributed by atoms with van der Waals surface area (Å²) in [5, 5.41) is 0.158. The lowest BCUT2D eigenvalue weighted by molar-refractivity contribution is 0.568. The second-order valence-corrected chi connectivity index (χ2v) is 8.35. The van der Waals surface area contributed by atoms with Crippen LogP contribution in [-0.4, -0.2) is 8.42 Å². The van der Waals surface area contributed by atoms with Gasteiger partial charge in [-0.3, -0.25) is 0 Å². The summed E-state index contributed by atoms with van der Waals surface area (Å²) in [5.74, 6) is 0. The van der Waals surface area contributed by atoms with Crippen LogP contribution < -0.4 is 10.5 Å². The summed E-state index contributed by atoms with van der Waals surface area (Å²) in [6.45, 7) is 3.74. The first-order valence-electron chi connectivity index (χ1n) is 6.04. The normalized spacial score (nSPS) is 13.3. The molecular weight excluding hydrogens is 351 g/mol. The van der Waals surface area contributed by atoms with Gasteiger partial charge in [0, 0.05) is 9.75 Å². The number of nitrogen functional groups attached to an aromatic ring is 1. The van der Waals surface area contributed by atoms with Crippen molar-refractivity contribution >= 4 is 50.2 Å². The molecule has 0 aliphatic carbocycles. The molecule has 1 unspecified atom stereocenters. The van der Waals surface area contributed by atoms with Crippen molar-refractivity contribution in [1.82, 2.24) is 4.72 Å². The molecule has 1 atom stereocenters. The average molecular weight is 365 g/mol. The van der Waals surface area contributed by atoms with Crippen LogP contribution in [0.25, 0.3) is 0 Å². The second-order valence-electron chi connectivity index (χ2n) is 4.56. The quantitative estimate of drug-likeness (QED) is 0.805. The number of sulfonamides is 1. The van der Waals surface area contributed by atoms with Gasteiger partial charge in [0.2, 0.25) is 10.0 Å². The first-order valence-corrected chi connectivity index (χ1v) is 9.10. The largest absolute Gasteiger partial charge is 0.396 e. The van der Waals surface area contributed by atoms with Crippen molar-refractivity contribution in [3.63, 3.8) is 0 Å². The number of hydrogen-bond acceptors (Lipinski definition) is 4. The molecule has 1 aromatic carbocycles. The number of thiophene rings is 1. The minimum Gasteiger partial charge on any atom is -0.396 e. The van der Waals surface area contributed by atoms with E-state index in [9.17, 15) is 8.42 Å². The molecule has 0 aliphatic rings. The van der Waals surface area contributed by atoms with Crippen molar-refractivity contribution in [2.75, 3.05) is 5.73 Å². The highest BCUT2D eigenvalue weighted by atomic mass is 35.5. The first-order chi connectivity index (χ1) is 9.72. The Kier molecular flexibility index (Phi) is 4.85. The summed E-state index contributed by atoms with van der Waals surface area (Å²) < 4.78 is 27.4. The highest BCUT2D eigenvalue weighted by Crippen LogP contribution is 2.34. The molecule has 0 amide bonds. The maximum atomic E-state index is 12.4. The number of hydrogen-bond donors (Lipinski definition) is 2. The lowest BCUT2D eigenvalue weighted by Gasteiger charge is -2.14. The van der Waals surface area contributed by atoms with Crippen LogP contribution in [0.1, 0.15) is 22.7 Å². The molecule has 0 radical (unpaired) electrons. The van der Waals surface area contributed by atoms with Crippen molar-refractivity contribution in [3.8, 4) is 0 Å². The SMILES string of the molecule is Cc1ccc(C(C)NS(=O)(=O)c2ccc(Cl)c(N)c2Cl)s1. The van der Waals surface area contributed by atoms with Crippen molar-refractivity contribution in [2.24, 2.45) is 0 Å². The van der Waals surface area contributed by atoms with Crippen molar-refractivity contribution in [1.29, 1.82) is 0 Å². The van der Waals surface area contributed by atoms with Gasteiger partial charge in [0.15, 0.2) is 0 Å². The van der Waals surface area contributed by atoms with Gasteiger partial charge in [-0.2, -0.15) is 0 Å². The second kappa shape index (κ2) is 6.14. The molecule has 4 nitrogen and oxygen atoms in total. The minimum absolute atomic E-state index is 0.0563. The van der Waals surface area contributed by atoms with Gasteiger partial charge in [-0.25, -0.2) is 13.1 Å². The predicted molar refractivity (Wildman–Crippen MR) is 88.7 cm³/mol. The Balaban J connectivity index is 2.33. The van der Waals surface area contributed by atoms with Crippen LogP contribution >= 0.6 is 34.5 Å². The van der Waals surface area contributed by atoms with Gasteiger partial charge >= 0.3 is 0 Å². The van der Waals surface area contributed by atoms with Gasteiger partial charge in [-0.05, 0) is 38.1 Å². The van der Waals surface area contributed by atoms with Crippen LogP contribution in [0.15, 0.2) is 29.2 Å². The van der Waals surface area contributed by atoms with E-state index in [1.54, 1.807) is 6.92 Å². The molecule has 2 rings (SSSR count). The van der Waals surface area contributed by atoms with E-state index >= 15 is 0 Å². The molecule has 0 saturated carbocycles. The Morgan fingerprint density at radius 2 is 1.90 bits per heavy atom. The Morgan fingerprint density at radius 3 is 2.48 bits per heavy atom. The lowest BCUT2D eigenvalue weighted by Crippen LogP contribution is -2.26. The molecule has 21 heavy (non-hydrogen) atoms. The van der Waals surface area contributed by atoms with Gasteiger partial charge < -0.3 is 5.73 Å². The molecule has 0 spiro atoms. The van der Waals surface area contributed by atoms with Crippen LogP contribution in [0.2, 0.25) is 10.0 Å². The number of nitrogens with two attached hydrogens (primary N) is 1. The molecule has 3 N–H and O–H groups in total. The number of nitrogens with one attached hydrogen (secondary N) is 1. The van der Waals surface area contributed by atoms with E-state index in [1.807, 2.05) is 19.1 Å². The molecule has 0 fully saturated rings. The molecule has 1 aromatic heterocycles. The molecule has 0 saturated heterocycles. The van der Waals surface area contributed by atoms with Gasteiger partial charge in [0.1, 0.15) is 4.90 Å². The summed E-state index contributed by atoms with van der Waals surface area (Å²) in [6.07, 6.45) is 0. The number of benzene rings is 1. The van der Waals surface area contributed by atoms with E-state index in [0.29, 0.717) is 0 Å². The molecule has 8 heteroatoms. The van der Waals surface area contributed by atoms with Gasteiger partial charge in [0.05, 0.1) is 21.8 Å². The summed E-state index contributed by atoms with van der Waals surface area (Å²) in [7, 11) is -3.78. The Labute approximate surface area is 137 Å². The number of aryl methyl sites for hydroxylation is 1. The third kappa shape index (κ3) is 3.52. The van der Waals surface area contributed by atoms with E-state index in [4.69, 9.17) is 28.9 Å². The van der Waals surface area contributed by atoms with Crippen molar-refractivity contribution < 1.29 is 8.42 Å². The van der Waals surface area contributed by atoms with Gasteiger partial charge in [-0.1, -0.05) is 23.2 Å². The monoisotopic (exact) mass is 364 g/mol. The zero-order valence-electron chi connectivity index (χ0n) is 11.4. The van der Waals surface area contributed by atoms with Crippen LogP contribution in [-0.2, 0) is 10.0 Å². The number of rotatable bonds is 4. The average Bonchev–Trinajstić information content (AvgIpc) is 2.82. The fourth-order valence-corrected chi connectivity index (χ4v) is 4.74. The van der Waals surface area contributed by atoms with E-state index in [-0.39, 0.29) is 26.7 Å². The maximum Gasteiger partial charge on any atom is 0.242 e. The molecule has 2 aromatic rings. The van der Waals surface area contributed by atoms with Crippen LogP contribution in [0.5, 0.6) is 0 Å². The predicted octanol–water partition coefficient (Wildman–Crippen LogP) is 3.99. The zero-order chi connectivity index (χ0) is 15.8. The van der Waals surface area contributed by atoms with E-state index in [0.717, 1.165) is 9.75 Å². The molecule has 0 bridgehead atoms.